The van der Waals surface area contributed by atoms with Gasteiger partial charge in [-0.15, -0.1) is 0 Å². The van der Waals surface area contributed by atoms with Crippen LogP contribution >= 0.6 is 12.2 Å². The van der Waals surface area contributed by atoms with Crippen LogP contribution in [-0.4, -0.2) is 23.1 Å². The second-order valence-electron chi connectivity index (χ2n) is 4.67. The largest absolute Gasteiger partial charge is 0.389 e. The van der Waals surface area contributed by atoms with Gasteiger partial charge in [-0.05, 0) is 44.7 Å². The van der Waals surface area contributed by atoms with E-state index < -0.39 is 0 Å². The van der Waals surface area contributed by atoms with Crippen molar-refractivity contribution in [1.29, 1.82) is 0 Å². The van der Waals surface area contributed by atoms with E-state index >= 15 is 0 Å². The van der Waals surface area contributed by atoms with Gasteiger partial charge >= 0.3 is 0 Å². The number of hydrogen-bond donors (Lipinski definition) is 1. The van der Waals surface area contributed by atoms with E-state index in [0.29, 0.717) is 4.99 Å². The first-order valence-electron chi connectivity index (χ1n) is 6.14. The van der Waals surface area contributed by atoms with E-state index in [1.807, 2.05) is 19.1 Å². The van der Waals surface area contributed by atoms with Gasteiger partial charge in [-0.25, -0.2) is 4.98 Å². The highest BCUT2D eigenvalue weighted by Crippen LogP contribution is 2.31. The predicted octanol–water partition coefficient (Wildman–Crippen LogP) is 2.26. The van der Waals surface area contributed by atoms with Gasteiger partial charge in [-0.2, -0.15) is 0 Å². The number of pyridine rings is 1. The van der Waals surface area contributed by atoms with Gasteiger partial charge < -0.3 is 10.6 Å². The molecule has 0 unspecified atom stereocenters. The van der Waals surface area contributed by atoms with E-state index in [9.17, 15) is 0 Å². The number of aryl methyl sites for hydroxylation is 1. The Morgan fingerprint density at radius 2 is 2.24 bits per heavy atom. The standard InChI is InChI=1S/C13H19N3S/c1-3-16(8-10-5-6-10)13-11(12(14)17)7-4-9(2)15-13/h4,7,10H,3,5-6,8H2,1-2H3,(H2,14,17). The lowest BCUT2D eigenvalue weighted by atomic mass is 10.2. The molecular formula is C13H19N3S. The van der Waals surface area contributed by atoms with Crippen molar-refractivity contribution in [2.45, 2.75) is 26.7 Å². The molecule has 1 saturated carbocycles. The molecule has 0 atom stereocenters. The molecule has 1 aromatic rings. The summed E-state index contributed by atoms with van der Waals surface area (Å²) < 4.78 is 0. The maximum Gasteiger partial charge on any atom is 0.139 e. The minimum Gasteiger partial charge on any atom is -0.389 e. The van der Waals surface area contributed by atoms with Crippen LogP contribution in [0.1, 0.15) is 31.0 Å². The summed E-state index contributed by atoms with van der Waals surface area (Å²) in [4.78, 5) is 7.33. The molecule has 1 aliphatic rings. The Balaban J connectivity index is 2.31. The summed E-state index contributed by atoms with van der Waals surface area (Å²) in [6.07, 6.45) is 2.68. The molecule has 3 nitrogen and oxygen atoms in total. The summed E-state index contributed by atoms with van der Waals surface area (Å²) in [5.41, 5.74) is 7.67. The van der Waals surface area contributed by atoms with Crippen LogP contribution in [0.4, 0.5) is 5.82 Å². The van der Waals surface area contributed by atoms with Gasteiger partial charge in [0.05, 0.1) is 5.56 Å². The summed E-state index contributed by atoms with van der Waals surface area (Å²) in [7, 11) is 0. The van der Waals surface area contributed by atoms with E-state index in [-0.39, 0.29) is 0 Å². The van der Waals surface area contributed by atoms with Gasteiger partial charge in [0, 0.05) is 18.8 Å². The Morgan fingerprint density at radius 1 is 1.53 bits per heavy atom. The highest BCUT2D eigenvalue weighted by Gasteiger charge is 2.25. The lowest BCUT2D eigenvalue weighted by Gasteiger charge is -2.24. The number of aromatic nitrogens is 1. The lowest BCUT2D eigenvalue weighted by molar-refractivity contribution is 0.730. The first-order chi connectivity index (χ1) is 8.11. The first-order valence-corrected chi connectivity index (χ1v) is 6.55. The van der Waals surface area contributed by atoms with Crippen molar-refractivity contribution in [2.24, 2.45) is 11.7 Å². The molecule has 1 heterocycles. The molecule has 0 radical (unpaired) electrons. The maximum absolute atomic E-state index is 5.77. The van der Waals surface area contributed by atoms with E-state index in [1.54, 1.807) is 0 Å². The second-order valence-corrected chi connectivity index (χ2v) is 5.11. The Morgan fingerprint density at radius 3 is 2.76 bits per heavy atom. The van der Waals surface area contributed by atoms with E-state index in [1.165, 1.54) is 12.8 Å². The number of anilines is 1. The highest BCUT2D eigenvalue weighted by molar-refractivity contribution is 7.80. The number of hydrogen-bond acceptors (Lipinski definition) is 3. The summed E-state index contributed by atoms with van der Waals surface area (Å²) >= 11 is 5.10. The minimum atomic E-state index is 0.432. The Labute approximate surface area is 108 Å². The molecule has 0 spiro atoms. The Hall–Kier alpha value is -1.16. The molecule has 17 heavy (non-hydrogen) atoms. The van der Waals surface area contributed by atoms with Crippen molar-refractivity contribution >= 4 is 23.0 Å². The summed E-state index contributed by atoms with van der Waals surface area (Å²) in [5.74, 6) is 1.78. The third kappa shape index (κ3) is 2.94. The molecule has 0 aromatic carbocycles. The topological polar surface area (TPSA) is 42.2 Å². The Kier molecular flexibility index (Phi) is 3.62. The number of rotatable bonds is 5. The van der Waals surface area contributed by atoms with Crippen molar-refractivity contribution in [1.82, 2.24) is 4.98 Å². The van der Waals surface area contributed by atoms with Gasteiger partial charge in [0.2, 0.25) is 0 Å². The predicted molar refractivity (Wildman–Crippen MR) is 75.5 cm³/mol. The third-order valence-electron chi connectivity index (χ3n) is 3.14. The highest BCUT2D eigenvalue weighted by atomic mass is 32.1. The van der Waals surface area contributed by atoms with Crippen LogP contribution in [0.15, 0.2) is 12.1 Å². The van der Waals surface area contributed by atoms with Crippen molar-refractivity contribution in [3.63, 3.8) is 0 Å². The zero-order valence-corrected chi connectivity index (χ0v) is 11.3. The fraction of sp³-hybridized carbons (Fsp3) is 0.538. The van der Waals surface area contributed by atoms with E-state index in [4.69, 9.17) is 18.0 Å². The quantitative estimate of drug-likeness (QED) is 0.813. The van der Waals surface area contributed by atoms with Crippen LogP contribution in [0.3, 0.4) is 0 Å². The third-order valence-corrected chi connectivity index (χ3v) is 3.36. The monoisotopic (exact) mass is 249 g/mol. The fourth-order valence-corrected chi connectivity index (χ4v) is 2.11. The molecule has 92 valence electrons. The molecule has 0 bridgehead atoms. The van der Waals surface area contributed by atoms with Crippen LogP contribution < -0.4 is 10.6 Å². The van der Waals surface area contributed by atoms with Gasteiger partial charge in [0.25, 0.3) is 0 Å². The molecule has 2 rings (SSSR count). The maximum atomic E-state index is 5.77. The molecule has 1 aromatic heterocycles. The average molecular weight is 249 g/mol. The number of thiocarbonyl (C=S) groups is 1. The molecule has 1 aliphatic carbocycles. The molecule has 0 aliphatic heterocycles. The number of nitrogens with two attached hydrogens (primary N) is 1. The van der Waals surface area contributed by atoms with Gasteiger partial charge in [0.1, 0.15) is 10.8 Å². The molecule has 4 heteroatoms. The van der Waals surface area contributed by atoms with E-state index in [2.05, 4.69) is 16.8 Å². The van der Waals surface area contributed by atoms with Gasteiger partial charge in [-0.1, -0.05) is 12.2 Å². The molecule has 2 N–H and O–H groups in total. The average Bonchev–Trinajstić information content (AvgIpc) is 3.09. The second kappa shape index (κ2) is 5.00. The smallest absolute Gasteiger partial charge is 0.139 e. The lowest BCUT2D eigenvalue weighted by Crippen LogP contribution is -2.29. The normalized spacial score (nSPS) is 14.7. The van der Waals surface area contributed by atoms with Gasteiger partial charge in [0.15, 0.2) is 0 Å². The van der Waals surface area contributed by atoms with Crippen LogP contribution in [0.2, 0.25) is 0 Å². The first kappa shape index (κ1) is 12.3. The Bertz CT molecular complexity index is 427. The van der Waals surface area contributed by atoms with Crippen LogP contribution in [0.25, 0.3) is 0 Å². The van der Waals surface area contributed by atoms with E-state index in [0.717, 1.165) is 36.1 Å². The molecule has 0 amide bonds. The van der Waals surface area contributed by atoms with Crippen LogP contribution in [-0.2, 0) is 0 Å². The van der Waals surface area contributed by atoms with Crippen molar-refractivity contribution < 1.29 is 0 Å². The number of nitrogens with zero attached hydrogens (tertiary/aromatic N) is 2. The molecule has 1 fully saturated rings. The zero-order valence-electron chi connectivity index (χ0n) is 10.4. The zero-order chi connectivity index (χ0) is 12.4. The summed E-state index contributed by atoms with van der Waals surface area (Å²) in [6.45, 7) is 6.17. The minimum absolute atomic E-state index is 0.432. The van der Waals surface area contributed by atoms with Crippen molar-refractivity contribution in [3.05, 3.63) is 23.4 Å². The summed E-state index contributed by atoms with van der Waals surface area (Å²) in [5, 5.41) is 0. The van der Waals surface area contributed by atoms with Crippen molar-refractivity contribution in [2.75, 3.05) is 18.0 Å². The van der Waals surface area contributed by atoms with Crippen molar-refractivity contribution in [3.8, 4) is 0 Å². The van der Waals surface area contributed by atoms with Crippen LogP contribution in [0, 0.1) is 12.8 Å². The van der Waals surface area contributed by atoms with Crippen LogP contribution in [0.5, 0.6) is 0 Å². The molecular weight excluding hydrogens is 230 g/mol. The fourth-order valence-electron chi connectivity index (χ4n) is 1.95. The SMILES string of the molecule is CCN(CC1CC1)c1nc(C)ccc1C(N)=S. The molecule has 0 saturated heterocycles. The summed E-state index contributed by atoms with van der Waals surface area (Å²) in [6, 6.07) is 3.94. The van der Waals surface area contributed by atoms with Gasteiger partial charge in [-0.3, -0.25) is 0 Å².